The van der Waals surface area contributed by atoms with Crippen molar-refractivity contribution in [3.8, 4) is 0 Å². The topological polar surface area (TPSA) is 34.1 Å². The predicted molar refractivity (Wildman–Crippen MR) is 93.6 cm³/mol. The third-order valence-electron chi connectivity index (χ3n) is 3.00. The molecule has 0 N–H and O–H groups in total. The molecule has 0 heterocycles. The van der Waals surface area contributed by atoms with E-state index < -0.39 is 9.84 Å². The van der Waals surface area contributed by atoms with Crippen LogP contribution in [-0.2, 0) is 44.0 Å². The number of sulfone groups is 1. The van der Waals surface area contributed by atoms with E-state index >= 15 is 0 Å². The van der Waals surface area contributed by atoms with E-state index in [9.17, 15) is 8.42 Å². The zero-order chi connectivity index (χ0) is 16.4. The van der Waals surface area contributed by atoms with Crippen LogP contribution in [0.3, 0.4) is 0 Å². The summed E-state index contributed by atoms with van der Waals surface area (Å²) in [4.78, 5) is 0.720. The second-order valence-electron chi connectivity index (χ2n) is 4.67. The molecule has 4 aromatic carbocycles. The van der Waals surface area contributed by atoms with Crippen molar-refractivity contribution in [3.05, 3.63) is 109 Å². The van der Waals surface area contributed by atoms with Gasteiger partial charge in [0, 0.05) is 0 Å². The van der Waals surface area contributed by atoms with Crippen LogP contribution < -0.4 is 0 Å². The van der Waals surface area contributed by atoms with Crippen molar-refractivity contribution in [1.29, 1.82) is 0 Å². The molecule has 0 amide bonds. The summed E-state index contributed by atoms with van der Waals surface area (Å²) in [5.41, 5.74) is 0. The Morgan fingerprint density at radius 1 is 0.560 bits per heavy atom. The molecule has 132 valence electrons. The maximum atomic E-state index is 11.8. The smallest absolute Gasteiger partial charge is 0.223 e. The number of hydrogen-bond donors (Lipinski definition) is 0. The van der Waals surface area contributed by atoms with Crippen molar-refractivity contribution < 1.29 is 42.6 Å². The minimum absolute atomic E-state index is 0. The van der Waals surface area contributed by atoms with Gasteiger partial charge in [-0.25, -0.2) is 44.8 Å². The summed E-state index contributed by atoms with van der Waals surface area (Å²) in [5, 5.41) is 0. The Hall–Kier alpha value is -1.61. The third-order valence-corrected chi connectivity index (χ3v) is 4.78. The maximum Gasteiger partial charge on any atom is 2.00 e. The van der Waals surface area contributed by atoms with Gasteiger partial charge in [0.05, 0.1) is 0 Å². The SMILES string of the molecule is O=S(=O)(c1ccc[cH-]1)c1ccc[cH-]1.[Fe+2].[Fe+2].c1cc[cH-]c1.c1cc[cH-]c1. The molecule has 4 aromatic rings. The van der Waals surface area contributed by atoms with Crippen LogP contribution in [0.4, 0.5) is 0 Å². The number of rotatable bonds is 2. The second-order valence-corrected chi connectivity index (χ2v) is 6.62. The van der Waals surface area contributed by atoms with E-state index in [4.69, 9.17) is 0 Å². The Balaban J connectivity index is 0.000000400. The molecule has 0 unspecified atom stereocenters. The van der Waals surface area contributed by atoms with Crippen molar-refractivity contribution in [2.75, 3.05) is 0 Å². The molecule has 2 nitrogen and oxygen atoms in total. The molecule has 0 aliphatic carbocycles. The van der Waals surface area contributed by atoms with Gasteiger partial charge in [-0.3, -0.25) is 0 Å². The first-order valence-corrected chi connectivity index (χ1v) is 8.71. The first kappa shape index (κ1) is 23.4. The number of hydrogen-bond acceptors (Lipinski definition) is 2. The molecule has 0 saturated carbocycles. The van der Waals surface area contributed by atoms with E-state index in [0.29, 0.717) is 9.79 Å². The van der Waals surface area contributed by atoms with Crippen molar-refractivity contribution in [3.63, 3.8) is 0 Å². The fourth-order valence-corrected chi connectivity index (χ4v) is 3.15. The van der Waals surface area contributed by atoms with Crippen molar-refractivity contribution in [1.82, 2.24) is 0 Å². The monoisotopic (exact) mass is 434 g/mol. The van der Waals surface area contributed by atoms with Gasteiger partial charge in [0.1, 0.15) is 0 Å². The fraction of sp³-hybridized carbons (Fsp3) is 0. The van der Waals surface area contributed by atoms with Crippen LogP contribution in [0.25, 0.3) is 0 Å². The summed E-state index contributed by atoms with van der Waals surface area (Å²) in [6, 6.07) is 33.3. The summed E-state index contributed by atoms with van der Waals surface area (Å²) < 4.78 is 23.5. The summed E-state index contributed by atoms with van der Waals surface area (Å²) in [6.45, 7) is 0. The summed E-state index contributed by atoms with van der Waals surface area (Å²) >= 11 is 0. The molecule has 0 fully saturated rings. The van der Waals surface area contributed by atoms with E-state index in [1.807, 2.05) is 60.7 Å². The Labute approximate surface area is 170 Å². The van der Waals surface area contributed by atoms with Gasteiger partial charge in [-0.1, -0.05) is 0 Å². The standard InChI is InChI=1S/C10H8O2S.2C5H5.2Fe/c11-13(12,9-5-1-2-6-9)10-7-3-4-8-10;2*1-2-4-5-3-1;;/h1-8H;2*1-5H;;/q-2;2*-1;2*+2. The molecular weight excluding hydrogens is 416 g/mol. The fourth-order valence-electron chi connectivity index (χ4n) is 1.85. The molecule has 25 heavy (non-hydrogen) atoms. The van der Waals surface area contributed by atoms with E-state index in [-0.39, 0.29) is 34.1 Å². The first-order valence-electron chi connectivity index (χ1n) is 7.23. The first-order chi connectivity index (χ1) is 11.2. The molecule has 0 radical (unpaired) electrons. The molecule has 4 rings (SSSR count). The van der Waals surface area contributed by atoms with Gasteiger partial charge >= 0.3 is 34.1 Å². The van der Waals surface area contributed by atoms with Crippen LogP contribution >= 0.6 is 0 Å². The minimum atomic E-state index is -3.25. The molecular formula is C20H18Fe2O2S. The van der Waals surface area contributed by atoms with Crippen LogP contribution in [0.15, 0.2) is 119 Å². The Bertz CT molecular complexity index is 711. The van der Waals surface area contributed by atoms with Gasteiger partial charge in [-0.05, 0) is 9.79 Å². The molecule has 0 bridgehead atoms. The van der Waals surface area contributed by atoms with Crippen LogP contribution in [0.2, 0.25) is 0 Å². The minimum Gasteiger partial charge on any atom is -0.223 e. The molecule has 5 heteroatoms. The van der Waals surface area contributed by atoms with E-state index in [2.05, 4.69) is 0 Å². The summed E-state index contributed by atoms with van der Waals surface area (Å²) in [5.74, 6) is 0. The van der Waals surface area contributed by atoms with Crippen molar-refractivity contribution >= 4 is 9.84 Å². The van der Waals surface area contributed by atoms with Crippen LogP contribution in [-0.4, -0.2) is 8.42 Å². The Kier molecular flexibility index (Phi) is 11.9. The molecule has 0 aliphatic heterocycles. The quantitative estimate of drug-likeness (QED) is 0.337. The van der Waals surface area contributed by atoms with E-state index in [0.717, 1.165) is 0 Å². The van der Waals surface area contributed by atoms with Crippen LogP contribution in [0, 0.1) is 0 Å². The zero-order valence-corrected chi connectivity index (χ0v) is 16.3. The van der Waals surface area contributed by atoms with Gasteiger partial charge in [0.15, 0.2) is 9.84 Å². The van der Waals surface area contributed by atoms with Crippen molar-refractivity contribution in [2.45, 2.75) is 9.79 Å². The van der Waals surface area contributed by atoms with Crippen LogP contribution in [0.5, 0.6) is 0 Å². The average Bonchev–Trinajstić information content (AvgIpc) is 3.44. The van der Waals surface area contributed by atoms with E-state index in [1.165, 1.54) is 0 Å². The Morgan fingerprint density at radius 2 is 0.920 bits per heavy atom. The molecule has 0 saturated heterocycles. The zero-order valence-electron chi connectivity index (χ0n) is 13.3. The molecule has 0 spiro atoms. The normalized spacial score (nSPS) is 9.28. The molecule has 0 aliphatic rings. The second kappa shape index (κ2) is 12.7. The van der Waals surface area contributed by atoms with E-state index in [1.54, 1.807) is 48.5 Å². The van der Waals surface area contributed by atoms with Gasteiger partial charge in [0.25, 0.3) is 0 Å². The van der Waals surface area contributed by atoms with Gasteiger partial charge < -0.3 is 0 Å². The van der Waals surface area contributed by atoms with Crippen molar-refractivity contribution in [2.24, 2.45) is 0 Å². The maximum absolute atomic E-state index is 11.8. The largest absolute Gasteiger partial charge is 2.00 e. The van der Waals surface area contributed by atoms with Gasteiger partial charge in [-0.15, -0.1) is 0 Å². The van der Waals surface area contributed by atoms with Gasteiger partial charge in [0.2, 0.25) is 0 Å². The summed E-state index contributed by atoms with van der Waals surface area (Å²) in [7, 11) is -3.25. The van der Waals surface area contributed by atoms with Crippen LogP contribution in [0.1, 0.15) is 0 Å². The third kappa shape index (κ3) is 7.87. The molecule has 0 atom stereocenters. The predicted octanol–water partition coefficient (Wildman–Crippen LogP) is 4.76. The summed E-state index contributed by atoms with van der Waals surface area (Å²) in [6.07, 6.45) is 0. The Morgan fingerprint density at radius 3 is 1.12 bits per heavy atom. The van der Waals surface area contributed by atoms with Gasteiger partial charge in [-0.2, -0.15) is 72.8 Å². The average molecular weight is 434 g/mol. The molecule has 0 aromatic heterocycles.